The highest BCUT2D eigenvalue weighted by molar-refractivity contribution is 5.75. The van der Waals surface area contributed by atoms with E-state index in [1.54, 1.807) is 12.4 Å². The molecule has 26 heavy (non-hydrogen) atoms. The van der Waals surface area contributed by atoms with Gasteiger partial charge in [0.25, 0.3) is 0 Å². The van der Waals surface area contributed by atoms with Crippen LogP contribution in [0.1, 0.15) is 52.9 Å². The molecular formula is C21H30N2O3. The molecule has 0 saturated carbocycles. The van der Waals surface area contributed by atoms with E-state index in [-0.39, 0.29) is 11.9 Å². The van der Waals surface area contributed by atoms with Crippen LogP contribution in [-0.4, -0.2) is 25.3 Å². The van der Waals surface area contributed by atoms with Gasteiger partial charge in [-0.05, 0) is 25.0 Å². The Labute approximate surface area is 156 Å². The maximum atomic E-state index is 12.1. The van der Waals surface area contributed by atoms with Crippen LogP contribution >= 0.6 is 0 Å². The molecule has 1 aliphatic rings. The Hall–Kier alpha value is -2.30. The molecule has 0 radical (unpaired) electrons. The second kappa shape index (κ2) is 10.6. The molecule has 1 heterocycles. The molecule has 0 bridgehead atoms. The van der Waals surface area contributed by atoms with Gasteiger partial charge in [0.2, 0.25) is 5.88 Å². The lowest BCUT2D eigenvalue weighted by molar-refractivity contribution is -0.143. The first-order valence-electron chi connectivity index (χ1n) is 9.59. The molecule has 0 aromatic heterocycles. The smallest absolute Gasteiger partial charge is 0.315 e. The Balaban J connectivity index is 1.99. The standard InChI is InChI=1S/C21H30N2O3/c1-4-6-7-14-25-19-11-8-10-18(15-19)23-13-12-22-20(16-23)26-21(24)17(3)9-5-2/h8,10-12,15-17H,4-7,9,13-14H2,1-3H3. The molecular weight excluding hydrogens is 328 g/mol. The summed E-state index contributed by atoms with van der Waals surface area (Å²) in [5.74, 6) is 0.833. The van der Waals surface area contributed by atoms with Gasteiger partial charge in [0, 0.05) is 18.0 Å². The largest absolute Gasteiger partial charge is 0.494 e. The summed E-state index contributed by atoms with van der Waals surface area (Å²) in [7, 11) is 0. The number of rotatable bonds is 10. The van der Waals surface area contributed by atoms with E-state index in [1.165, 1.54) is 12.8 Å². The molecule has 1 atom stereocenters. The number of aliphatic imine (C=N–C) groups is 1. The summed E-state index contributed by atoms with van der Waals surface area (Å²) in [6, 6.07) is 7.94. The summed E-state index contributed by atoms with van der Waals surface area (Å²) in [5.41, 5.74) is 0.985. The van der Waals surface area contributed by atoms with Crippen LogP contribution in [0.5, 0.6) is 5.75 Å². The molecule has 0 saturated heterocycles. The molecule has 2 rings (SSSR count). The van der Waals surface area contributed by atoms with Crippen molar-refractivity contribution < 1.29 is 14.3 Å². The zero-order valence-corrected chi connectivity index (χ0v) is 16.1. The molecule has 5 heteroatoms. The molecule has 142 valence electrons. The van der Waals surface area contributed by atoms with Crippen molar-refractivity contribution in [2.45, 2.75) is 52.9 Å². The third-order valence-electron chi connectivity index (χ3n) is 4.26. The second-order valence-electron chi connectivity index (χ2n) is 6.60. The van der Waals surface area contributed by atoms with E-state index >= 15 is 0 Å². The average molecular weight is 358 g/mol. The van der Waals surface area contributed by atoms with Gasteiger partial charge in [-0.3, -0.25) is 4.79 Å². The van der Waals surface area contributed by atoms with E-state index in [0.29, 0.717) is 12.4 Å². The Kier molecular flexibility index (Phi) is 8.19. The van der Waals surface area contributed by atoms with E-state index < -0.39 is 0 Å². The average Bonchev–Trinajstić information content (AvgIpc) is 2.66. The van der Waals surface area contributed by atoms with Gasteiger partial charge in [-0.2, -0.15) is 0 Å². The number of carbonyl (C=O) groups excluding carboxylic acids is 1. The summed E-state index contributed by atoms with van der Waals surface area (Å²) in [6.45, 7) is 7.48. The number of hydrogen-bond acceptors (Lipinski definition) is 5. The molecule has 0 amide bonds. The molecule has 0 N–H and O–H groups in total. The minimum Gasteiger partial charge on any atom is -0.494 e. The topological polar surface area (TPSA) is 51.1 Å². The maximum Gasteiger partial charge on any atom is 0.315 e. The first-order chi connectivity index (χ1) is 12.6. The van der Waals surface area contributed by atoms with Crippen LogP contribution in [0.25, 0.3) is 0 Å². The minimum atomic E-state index is -0.231. The van der Waals surface area contributed by atoms with Gasteiger partial charge in [-0.25, -0.2) is 4.99 Å². The Bertz CT molecular complexity index is 640. The fourth-order valence-electron chi connectivity index (χ4n) is 2.72. The van der Waals surface area contributed by atoms with E-state index in [2.05, 4.69) is 18.8 Å². The predicted molar refractivity (Wildman–Crippen MR) is 106 cm³/mol. The summed E-state index contributed by atoms with van der Waals surface area (Å²) < 4.78 is 11.3. The molecule has 0 fully saturated rings. The highest BCUT2D eigenvalue weighted by Crippen LogP contribution is 2.24. The quantitative estimate of drug-likeness (QED) is 0.440. The van der Waals surface area contributed by atoms with Crippen molar-refractivity contribution in [1.82, 2.24) is 0 Å². The fraction of sp³-hybridized carbons (Fsp3) is 0.524. The van der Waals surface area contributed by atoms with Crippen molar-refractivity contribution in [2.75, 3.05) is 18.1 Å². The van der Waals surface area contributed by atoms with Crippen molar-refractivity contribution in [3.05, 3.63) is 36.3 Å². The van der Waals surface area contributed by atoms with Crippen molar-refractivity contribution >= 4 is 17.9 Å². The van der Waals surface area contributed by atoms with Gasteiger partial charge in [-0.1, -0.05) is 46.1 Å². The Morgan fingerprint density at radius 2 is 2.12 bits per heavy atom. The van der Waals surface area contributed by atoms with Gasteiger partial charge in [0.15, 0.2) is 0 Å². The highest BCUT2D eigenvalue weighted by atomic mass is 16.5. The Morgan fingerprint density at radius 1 is 1.27 bits per heavy atom. The van der Waals surface area contributed by atoms with Gasteiger partial charge in [-0.15, -0.1) is 0 Å². The van der Waals surface area contributed by atoms with Crippen LogP contribution in [0.15, 0.2) is 41.3 Å². The van der Waals surface area contributed by atoms with E-state index in [1.807, 2.05) is 36.1 Å². The van der Waals surface area contributed by atoms with Gasteiger partial charge in [0.05, 0.1) is 25.3 Å². The summed E-state index contributed by atoms with van der Waals surface area (Å²) in [6.07, 6.45) is 8.71. The Morgan fingerprint density at radius 3 is 2.88 bits per heavy atom. The summed E-state index contributed by atoms with van der Waals surface area (Å²) in [5, 5.41) is 0. The number of hydrogen-bond donors (Lipinski definition) is 0. The van der Waals surface area contributed by atoms with Crippen molar-refractivity contribution in [3.8, 4) is 5.75 Å². The van der Waals surface area contributed by atoms with Crippen LogP contribution in [0.3, 0.4) is 0 Å². The molecule has 5 nitrogen and oxygen atoms in total. The number of ether oxygens (including phenoxy) is 2. The number of nitrogens with zero attached hydrogens (tertiary/aromatic N) is 2. The highest BCUT2D eigenvalue weighted by Gasteiger charge is 2.18. The van der Waals surface area contributed by atoms with Crippen molar-refractivity contribution in [3.63, 3.8) is 0 Å². The third-order valence-corrected chi connectivity index (χ3v) is 4.26. The van der Waals surface area contributed by atoms with Crippen molar-refractivity contribution in [1.29, 1.82) is 0 Å². The summed E-state index contributed by atoms with van der Waals surface area (Å²) >= 11 is 0. The van der Waals surface area contributed by atoms with Gasteiger partial charge >= 0.3 is 5.97 Å². The number of anilines is 1. The molecule has 1 aliphatic heterocycles. The number of esters is 1. The lowest BCUT2D eigenvalue weighted by Gasteiger charge is -2.23. The summed E-state index contributed by atoms with van der Waals surface area (Å²) in [4.78, 5) is 18.3. The predicted octanol–water partition coefficient (Wildman–Crippen LogP) is 4.92. The second-order valence-corrected chi connectivity index (χ2v) is 6.60. The maximum absolute atomic E-state index is 12.1. The molecule has 0 aliphatic carbocycles. The molecule has 1 aromatic carbocycles. The molecule has 1 aromatic rings. The monoisotopic (exact) mass is 358 g/mol. The van der Waals surface area contributed by atoms with Crippen LogP contribution in [0, 0.1) is 5.92 Å². The first-order valence-corrected chi connectivity index (χ1v) is 9.59. The zero-order chi connectivity index (χ0) is 18.8. The van der Waals surface area contributed by atoms with Crippen LogP contribution in [0.2, 0.25) is 0 Å². The number of benzene rings is 1. The zero-order valence-electron chi connectivity index (χ0n) is 16.1. The van der Waals surface area contributed by atoms with E-state index in [9.17, 15) is 4.79 Å². The number of unbranched alkanes of at least 4 members (excludes halogenated alkanes) is 2. The van der Waals surface area contributed by atoms with Gasteiger partial charge in [0.1, 0.15) is 5.75 Å². The van der Waals surface area contributed by atoms with Crippen LogP contribution < -0.4 is 9.64 Å². The molecule has 1 unspecified atom stereocenters. The number of carbonyl (C=O) groups is 1. The van der Waals surface area contributed by atoms with E-state index in [0.717, 1.165) is 37.3 Å². The first kappa shape index (κ1) is 20.0. The lowest BCUT2D eigenvalue weighted by Crippen LogP contribution is -2.24. The van der Waals surface area contributed by atoms with Crippen molar-refractivity contribution in [2.24, 2.45) is 10.9 Å². The minimum absolute atomic E-state index is 0.119. The fourth-order valence-corrected chi connectivity index (χ4v) is 2.72. The van der Waals surface area contributed by atoms with Crippen LogP contribution in [-0.2, 0) is 9.53 Å². The van der Waals surface area contributed by atoms with E-state index in [4.69, 9.17) is 9.47 Å². The lowest BCUT2D eigenvalue weighted by atomic mass is 10.1. The molecule has 0 spiro atoms. The SMILES string of the molecule is CCCCCOc1cccc(N2C=C(OC(=O)C(C)CCC)N=CC2)c1. The van der Waals surface area contributed by atoms with Gasteiger partial charge < -0.3 is 14.4 Å². The normalized spacial score (nSPS) is 14.7. The third kappa shape index (κ3) is 6.21. The van der Waals surface area contributed by atoms with Crippen LogP contribution in [0.4, 0.5) is 5.69 Å².